The van der Waals surface area contributed by atoms with Gasteiger partial charge in [-0.3, -0.25) is 4.79 Å². The summed E-state index contributed by atoms with van der Waals surface area (Å²) in [5, 5.41) is 12.0. The SMILES string of the molecule is Cc1noc(C2CCN(C(=O)CCCc3nnc(-c4ccccc4)o3)CC2)n1. The van der Waals surface area contributed by atoms with Crippen LogP contribution < -0.4 is 0 Å². The summed E-state index contributed by atoms with van der Waals surface area (Å²) < 4.78 is 11.0. The van der Waals surface area contributed by atoms with E-state index in [1.165, 1.54) is 0 Å². The van der Waals surface area contributed by atoms with E-state index in [1.54, 1.807) is 0 Å². The number of hydrogen-bond donors (Lipinski definition) is 0. The molecule has 28 heavy (non-hydrogen) atoms. The van der Waals surface area contributed by atoms with Gasteiger partial charge in [0.2, 0.25) is 23.6 Å². The van der Waals surface area contributed by atoms with E-state index in [0.29, 0.717) is 42.8 Å². The van der Waals surface area contributed by atoms with Gasteiger partial charge < -0.3 is 13.8 Å². The van der Waals surface area contributed by atoms with Crippen LogP contribution in [0.2, 0.25) is 0 Å². The molecule has 1 amide bonds. The minimum absolute atomic E-state index is 0.169. The third kappa shape index (κ3) is 4.27. The Labute approximate surface area is 162 Å². The summed E-state index contributed by atoms with van der Waals surface area (Å²) >= 11 is 0. The molecule has 3 heterocycles. The smallest absolute Gasteiger partial charge is 0.247 e. The summed E-state index contributed by atoms with van der Waals surface area (Å²) in [6, 6.07) is 9.67. The van der Waals surface area contributed by atoms with Gasteiger partial charge in [0.1, 0.15) is 0 Å². The molecule has 1 aliphatic heterocycles. The number of amides is 1. The number of benzene rings is 1. The zero-order chi connectivity index (χ0) is 19.3. The molecule has 0 bridgehead atoms. The highest BCUT2D eigenvalue weighted by Gasteiger charge is 2.27. The third-order valence-corrected chi connectivity index (χ3v) is 5.01. The molecule has 146 valence electrons. The number of likely N-dealkylation sites (tertiary alicyclic amines) is 1. The van der Waals surface area contributed by atoms with Crippen LogP contribution in [0.15, 0.2) is 39.3 Å². The van der Waals surface area contributed by atoms with Crippen LogP contribution in [0.3, 0.4) is 0 Å². The van der Waals surface area contributed by atoms with Gasteiger partial charge in [-0.1, -0.05) is 23.4 Å². The average Bonchev–Trinajstić information content (AvgIpc) is 3.38. The maximum Gasteiger partial charge on any atom is 0.247 e. The molecule has 0 N–H and O–H groups in total. The second kappa shape index (κ2) is 8.33. The van der Waals surface area contributed by atoms with Gasteiger partial charge in [-0.2, -0.15) is 4.98 Å². The molecule has 0 saturated carbocycles. The Morgan fingerprint density at radius 2 is 1.96 bits per heavy atom. The van der Waals surface area contributed by atoms with Crippen molar-refractivity contribution in [3.63, 3.8) is 0 Å². The fourth-order valence-corrected chi connectivity index (χ4v) is 3.46. The van der Waals surface area contributed by atoms with Crippen molar-refractivity contribution in [1.29, 1.82) is 0 Å². The summed E-state index contributed by atoms with van der Waals surface area (Å²) in [6.07, 6.45) is 3.49. The number of carbonyl (C=O) groups is 1. The second-order valence-electron chi connectivity index (χ2n) is 7.06. The number of aromatic nitrogens is 4. The number of nitrogens with zero attached hydrogens (tertiary/aromatic N) is 5. The van der Waals surface area contributed by atoms with Crippen molar-refractivity contribution >= 4 is 5.91 Å². The second-order valence-corrected chi connectivity index (χ2v) is 7.06. The number of piperidine rings is 1. The Hall–Kier alpha value is -3.03. The van der Waals surface area contributed by atoms with Gasteiger partial charge in [0.25, 0.3) is 0 Å². The fraction of sp³-hybridized carbons (Fsp3) is 0.450. The number of rotatable bonds is 6. The van der Waals surface area contributed by atoms with Crippen LogP contribution in [0.1, 0.15) is 49.2 Å². The van der Waals surface area contributed by atoms with Crippen LogP contribution in [0, 0.1) is 6.92 Å². The summed E-state index contributed by atoms with van der Waals surface area (Å²) in [5.41, 5.74) is 0.900. The van der Waals surface area contributed by atoms with Crippen molar-refractivity contribution in [3.05, 3.63) is 47.9 Å². The molecule has 0 unspecified atom stereocenters. The van der Waals surface area contributed by atoms with Crippen molar-refractivity contribution in [2.24, 2.45) is 0 Å². The van der Waals surface area contributed by atoms with Gasteiger partial charge in [0.05, 0.1) is 0 Å². The zero-order valence-corrected chi connectivity index (χ0v) is 15.9. The maximum absolute atomic E-state index is 12.5. The molecule has 0 spiro atoms. The molecule has 4 rings (SSSR count). The minimum atomic E-state index is 0.169. The molecule has 1 fully saturated rings. The lowest BCUT2D eigenvalue weighted by Crippen LogP contribution is -2.37. The van der Waals surface area contributed by atoms with E-state index in [-0.39, 0.29) is 11.8 Å². The lowest BCUT2D eigenvalue weighted by molar-refractivity contribution is -0.132. The molecule has 8 heteroatoms. The zero-order valence-electron chi connectivity index (χ0n) is 15.9. The fourth-order valence-electron chi connectivity index (χ4n) is 3.46. The predicted molar refractivity (Wildman–Crippen MR) is 100 cm³/mol. The molecule has 0 aliphatic carbocycles. The lowest BCUT2D eigenvalue weighted by Gasteiger charge is -2.30. The van der Waals surface area contributed by atoms with E-state index in [2.05, 4.69) is 20.3 Å². The molecule has 1 aliphatic rings. The lowest BCUT2D eigenvalue weighted by atomic mass is 9.96. The Morgan fingerprint density at radius 1 is 1.18 bits per heavy atom. The quantitative estimate of drug-likeness (QED) is 0.647. The highest BCUT2D eigenvalue weighted by molar-refractivity contribution is 5.76. The molecule has 2 aromatic heterocycles. The Kier molecular flexibility index (Phi) is 5.45. The van der Waals surface area contributed by atoms with E-state index >= 15 is 0 Å². The van der Waals surface area contributed by atoms with Crippen LogP contribution in [-0.4, -0.2) is 44.2 Å². The van der Waals surface area contributed by atoms with Crippen molar-refractivity contribution in [2.45, 2.75) is 44.9 Å². The van der Waals surface area contributed by atoms with Crippen LogP contribution in [0.4, 0.5) is 0 Å². The number of carbonyl (C=O) groups excluding carboxylic acids is 1. The highest BCUT2D eigenvalue weighted by atomic mass is 16.5. The first-order valence-electron chi connectivity index (χ1n) is 9.65. The third-order valence-electron chi connectivity index (χ3n) is 5.01. The Morgan fingerprint density at radius 3 is 2.68 bits per heavy atom. The van der Waals surface area contributed by atoms with Crippen LogP contribution in [-0.2, 0) is 11.2 Å². The molecule has 8 nitrogen and oxygen atoms in total. The summed E-state index contributed by atoms with van der Waals surface area (Å²) in [7, 11) is 0. The largest absolute Gasteiger partial charge is 0.421 e. The minimum Gasteiger partial charge on any atom is -0.421 e. The molecule has 1 saturated heterocycles. The molecule has 0 radical (unpaired) electrons. The van der Waals surface area contributed by atoms with E-state index in [4.69, 9.17) is 8.94 Å². The van der Waals surface area contributed by atoms with E-state index in [9.17, 15) is 4.79 Å². The Balaban J connectivity index is 1.22. The number of hydrogen-bond acceptors (Lipinski definition) is 7. The topological polar surface area (TPSA) is 98.2 Å². The van der Waals surface area contributed by atoms with Crippen molar-refractivity contribution < 1.29 is 13.7 Å². The van der Waals surface area contributed by atoms with Crippen LogP contribution in [0.25, 0.3) is 11.5 Å². The normalized spacial score (nSPS) is 15.1. The molecule has 1 aromatic carbocycles. The van der Waals surface area contributed by atoms with Crippen molar-refractivity contribution in [3.8, 4) is 11.5 Å². The van der Waals surface area contributed by atoms with Crippen molar-refractivity contribution in [2.75, 3.05) is 13.1 Å². The van der Waals surface area contributed by atoms with E-state index in [1.807, 2.05) is 42.2 Å². The van der Waals surface area contributed by atoms with Crippen molar-refractivity contribution in [1.82, 2.24) is 25.2 Å². The van der Waals surface area contributed by atoms with Crippen LogP contribution in [0.5, 0.6) is 0 Å². The highest BCUT2D eigenvalue weighted by Crippen LogP contribution is 2.27. The standard InChI is InChI=1S/C20H23N5O3/c1-14-21-19(28-24-14)16-10-12-25(13-11-16)18(26)9-5-8-17-22-23-20(27-17)15-6-3-2-4-7-15/h2-4,6-7,16H,5,8-13H2,1H3. The monoisotopic (exact) mass is 381 g/mol. The maximum atomic E-state index is 12.5. The molecule has 0 atom stereocenters. The van der Waals surface area contributed by atoms with E-state index < -0.39 is 0 Å². The van der Waals surface area contributed by atoms with Gasteiger partial charge in [-0.15, -0.1) is 10.2 Å². The van der Waals surface area contributed by atoms with E-state index in [0.717, 1.165) is 31.5 Å². The first kappa shape index (κ1) is 18.3. The Bertz CT molecular complexity index is 913. The predicted octanol–water partition coefficient (Wildman–Crippen LogP) is 3.16. The van der Waals surface area contributed by atoms with Gasteiger partial charge in [-0.05, 0) is 38.3 Å². The molecule has 3 aromatic rings. The summed E-state index contributed by atoms with van der Waals surface area (Å²) in [6.45, 7) is 3.27. The average molecular weight is 381 g/mol. The number of aryl methyl sites for hydroxylation is 2. The van der Waals surface area contributed by atoms with Gasteiger partial charge in [0, 0.05) is 37.4 Å². The van der Waals surface area contributed by atoms with Crippen LogP contribution >= 0.6 is 0 Å². The first-order chi connectivity index (χ1) is 13.7. The van der Waals surface area contributed by atoms with Gasteiger partial charge in [0.15, 0.2) is 5.82 Å². The first-order valence-corrected chi connectivity index (χ1v) is 9.65. The molecular formula is C20H23N5O3. The molecular weight excluding hydrogens is 358 g/mol. The van der Waals surface area contributed by atoms with Gasteiger partial charge >= 0.3 is 0 Å². The summed E-state index contributed by atoms with van der Waals surface area (Å²) in [5.74, 6) is 2.85. The summed E-state index contributed by atoms with van der Waals surface area (Å²) in [4.78, 5) is 18.7. The van der Waals surface area contributed by atoms with Gasteiger partial charge in [-0.25, -0.2) is 0 Å².